The first-order chi connectivity index (χ1) is 30.0. The molecule has 0 heterocycles. The molecule has 13 rings (SSSR count). The van der Waals surface area contributed by atoms with Gasteiger partial charge < -0.3 is 0 Å². The second kappa shape index (κ2) is 12.7. The molecule has 12 aromatic carbocycles. The van der Waals surface area contributed by atoms with E-state index in [-0.39, 0.29) is 5.41 Å². The number of hydrogen-bond donors (Lipinski definition) is 0. The molecule has 0 atom stereocenters. The monoisotopic (exact) mass is 772 g/mol. The molecule has 0 heteroatoms. The van der Waals surface area contributed by atoms with Crippen molar-refractivity contribution in [2.24, 2.45) is 0 Å². The highest BCUT2D eigenvalue weighted by atomic mass is 14.4. The Bertz CT molecular complexity index is 3790. The first-order valence-electron chi connectivity index (χ1n) is 21.5. The lowest BCUT2D eigenvalue weighted by Gasteiger charge is -2.26. The zero-order chi connectivity index (χ0) is 40.4. The van der Waals surface area contributed by atoms with Crippen LogP contribution in [0.2, 0.25) is 0 Å². The molecule has 284 valence electrons. The van der Waals surface area contributed by atoms with Crippen molar-refractivity contribution < 1.29 is 0 Å². The van der Waals surface area contributed by atoms with Crippen LogP contribution in [0.15, 0.2) is 206 Å². The second-order valence-electron chi connectivity index (χ2n) is 17.5. The van der Waals surface area contributed by atoms with Gasteiger partial charge in [-0.15, -0.1) is 0 Å². The van der Waals surface area contributed by atoms with Crippen LogP contribution in [0, 0.1) is 0 Å². The maximum atomic E-state index is 2.45. The lowest BCUT2D eigenvalue weighted by atomic mass is 9.76. The predicted octanol–water partition coefficient (Wildman–Crippen LogP) is 17.1. The average Bonchev–Trinajstić information content (AvgIpc) is 3.56. The van der Waals surface area contributed by atoms with Crippen LogP contribution in [0.4, 0.5) is 0 Å². The molecule has 0 aromatic heterocycles. The molecule has 0 nitrogen and oxygen atoms in total. The van der Waals surface area contributed by atoms with E-state index in [1.807, 2.05) is 0 Å². The number of rotatable bonds is 3. The zero-order valence-corrected chi connectivity index (χ0v) is 34.1. The van der Waals surface area contributed by atoms with Gasteiger partial charge in [-0.2, -0.15) is 0 Å². The number of fused-ring (bicyclic) bond motifs is 14. The van der Waals surface area contributed by atoms with E-state index in [9.17, 15) is 0 Å². The molecule has 0 fully saturated rings. The van der Waals surface area contributed by atoms with Crippen molar-refractivity contribution in [3.05, 3.63) is 217 Å². The van der Waals surface area contributed by atoms with Gasteiger partial charge in [-0.05, 0) is 149 Å². The summed E-state index contributed by atoms with van der Waals surface area (Å²) in [5.74, 6) is 0. The van der Waals surface area contributed by atoms with Gasteiger partial charge >= 0.3 is 0 Å². The third-order valence-corrected chi connectivity index (χ3v) is 13.9. The highest BCUT2D eigenvalue weighted by Gasteiger charge is 2.40. The van der Waals surface area contributed by atoms with Gasteiger partial charge in [0, 0.05) is 5.41 Å². The Morgan fingerprint density at radius 3 is 1.43 bits per heavy atom. The van der Waals surface area contributed by atoms with Crippen LogP contribution in [0.3, 0.4) is 0 Å². The Morgan fingerprint density at radius 1 is 0.246 bits per heavy atom. The van der Waals surface area contributed by atoms with E-state index in [0.717, 1.165) is 0 Å². The fourth-order valence-electron chi connectivity index (χ4n) is 11.4. The highest BCUT2D eigenvalue weighted by Crippen LogP contribution is 2.57. The van der Waals surface area contributed by atoms with Crippen LogP contribution in [0.5, 0.6) is 0 Å². The summed E-state index contributed by atoms with van der Waals surface area (Å²) >= 11 is 0. The molecule has 1 aliphatic carbocycles. The third-order valence-electron chi connectivity index (χ3n) is 13.9. The van der Waals surface area contributed by atoms with E-state index in [1.54, 1.807) is 0 Å². The van der Waals surface area contributed by atoms with Crippen molar-refractivity contribution in [1.29, 1.82) is 0 Å². The van der Waals surface area contributed by atoms with Crippen molar-refractivity contribution in [2.75, 3.05) is 0 Å². The van der Waals surface area contributed by atoms with E-state index in [0.29, 0.717) is 0 Å². The van der Waals surface area contributed by atoms with Gasteiger partial charge in [0.25, 0.3) is 0 Å². The molecule has 0 bridgehead atoms. The Hall–Kier alpha value is -7.54. The van der Waals surface area contributed by atoms with Crippen LogP contribution in [0.1, 0.15) is 25.0 Å². The second-order valence-corrected chi connectivity index (χ2v) is 17.5. The van der Waals surface area contributed by atoms with E-state index in [4.69, 9.17) is 0 Å². The molecule has 0 spiro atoms. The van der Waals surface area contributed by atoms with Crippen LogP contribution in [-0.2, 0) is 5.41 Å². The van der Waals surface area contributed by atoms with E-state index in [1.165, 1.54) is 131 Å². The van der Waals surface area contributed by atoms with Gasteiger partial charge in [-0.25, -0.2) is 0 Å². The molecule has 0 saturated carbocycles. The topological polar surface area (TPSA) is 0 Å². The minimum atomic E-state index is -0.210. The first kappa shape index (κ1) is 34.3. The fraction of sp³-hybridized carbons (Fsp3) is 0.0492. The summed E-state index contributed by atoms with van der Waals surface area (Å²) in [4.78, 5) is 0. The summed E-state index contributed by atoms with van der Waals surface area (Å²) in [7, 11) is 0. The van der Waals surface area contributed by atoms with Crippen molar-refractivity contribution in [3.63, 3.8) is 0 Å². The van der Waals surface area contributed by atoms with Crippen LogP contribution >= 0.6 is 0 Å². The first-order valence-corrected chi connectivity index (χ1v) is 21.5. The number of benzene rings is 12. The standard InChI is InChI=1S/C61H40/c1-61(2)59-42(28-14-31-54(59)58-48-22-7-5-20-43(48)44-21-6-12-27-53(44)60(58)61)39-18-13-19-41(35-39)56-49-23-8-10-25-51(49)57(52-26-11-9-24-50(52)56)47-30-15-29-45-46(47)33-32-40-34-37-16-3-4-17-38(37)36-55(40)45/h3-36H,1-2H3. The Kier molecular flexibility index (Phi) is 7.17. The van der Waals surface area contributed by atoms with Gasteiger partial charge in [0.1, 0.15) is 0 Å². The van der Waals surface area contributed by atoms with Crippen LogP contribution in [0.25, 0.3) is 120 Å². The van der Waals surface area contributed by atoms with E-state index >= 15 is 0 Å². The number of hydrogen-bond acceptors (Lipinski definition) is 0. The van der Waals surface area contributed by atoms with Gasteiger partial charge in [0.2, 0.25) is 0 Å². The Morgan fingerprint density at radius 2 is 0.721 bits per heavy atom. The van der Waals surface area contributed by atoms with Crippen molar-refractivity contribution in [3.8, 4) is 44.5 Å². The largest absolute Gasteiger partial charge is 0.0616 e. The summed E-state index contributed by atoms with van der Waals surface area (Å²) in [5, 5.41) is 18.1. The lowest BCUT2D eigenvalue weighted by Crippen LogP contribution is -2.17. The molecule has 0 unspecified atom stereocenters. The summed E-state index contributed by atoms with van der Waals surface area (Å²) in [6, 6.07) is 77.3. The SMILES string of the molecule is CC1(C)c2c(-c3cccc(-c4c5ccccc5c(-c5cccc6c5ccc5cc7ccccc7cc56)c5ccccc45)c3)cccc2-c2c1c1ccccc1c1ccccc21. The van der Waals surface area contributed by atoms with Crippen LogP contribution in [-0.4, -0.2) is 0 Å². The third kappa shape index (κ3) is 4.82. The molecule has 1 aliphatic rings. The average molecular weight is 773 g/mol. The minimum Gasteiger partial charge on any atom is -0.0616 e. The molecular formula is C61H40. The summed E-state index contributed by atoms with van der Waals surface area (Å²) in [5.41, 5.74) is 13.0. The molecule has 0 amide bonds. The fourth-order valence-corrected chi connectivity index (χ4v) is 11.4. The molecule has 61 heavy (non-hydrogen) atoms. The smallest absolute Gasteiger partial charge is 0.0171 e. The van der Waals surface area contributed by atoms with Gasteiger partial charge in [0.15, 0.2) is 0 Å². The molecule has 0 N–H and O–H groups in total. The maximum absolute atomic E-state index is 2.45. The molecule has 0 radical (unpaired) electrons. The van der Waals surface area contributed by atoms with Crippen LogP contribution < -0.4 is 0 Å². The zero-order valence-electron chi connectivity index (χ0n) is 34.1. The summed E-state index contributed by atoms with van der Waals surface area (Å²) < 4.78 is 0. The maximum Gasteiger partial charge on any atom is 0.0171 e. The Balaban J connectivity index is 1.03. The Labute approximate surface area is 355 Å². The molecule has 0 aliphatic heterocycles. The summed E-state index contributed by atoms with van der Waals surface area (Å²) in [6.45, 7) is 4.87. The minimum absolute atomic E-state index is 0.210. The van der Waals surface area contributed by atoms with E-state index in [2.05, 4.69) is 220 Å². The van der Waals surface area contributed by atoms with Gasteiger partial charge in [0.05, 0.1) is 0 Å². The van der Waals surface area contributed by atoms with Gasteiger partial charge in [-0.3, -0.25) is 0 Å². The molecular weight excluding hydrogens is 733 g/mol. The van der Waals surface area contributed by atoms with Crippen molar-refractivity contribution in [2.45, 2.75) is 19.3 Å². The van der Waals surface area contributed by atoms with Crippen molar-refractivity contribution >= 4 is 75.4 Å². The highest BCUT2D eigenvalue weighted by molar-refractivity contribution is 6.25. The quantitative estimate of drug-likeness (QED) is 0.124. The van der Waals surface area contributed by atoms with Crippen molar-refractivity contribution in [1.82, 2.24) is 0 Å². The summed E-state index contributed by atoms with van der Waals surface area (Å²) in [6.07, 6.45) is 0. The van der Waals surface area contributed by atoms with E-state index < -0.39 is 0 Å². The molecule has 12 aromatic rings. The predicted molar refractivity (Wildman–Crippen MR) is 263 cm³/mol. The lowest BCUT2D eigenvalue weighted by molar-refractivity contribution is 0.668. The van der Waals surface area contributed by atoms with Gasteiger partial charge in [-0.1, -0.05) is 202 Å². The molecule has 0 saturated heterocycles. The normalized spacial score (nSPS) is 13.2.